The Kier molecular flexibility index (Phi) is 3.12. The maximum atomic E-state index is 6.15. The van der Waals surface area contributed by atoms with Gasteiger partial charge in [0.1, 0.15) is 5.52 Å². The fourth-order valence-electron chi connectivity index (χ4n) is 2.75. The lowest BCUT2D eigenvalue weighted by molar-refractivity contribution is 0.368. The van der Waals surface area contributed by atoms with Crippen molar-refractivity contribution in [2.24, 2.45) is 5.41 Å². The zero-order valence-corrected chi connectivity index (χ0v) is 11.0. The van der Waals surface area contributed by atoms with Crippen molar-refractivity contribution in [2.75, 3.05) is 17.7 Å². The van der Waals surface area contributed by atoms with Crippen LogP contribution in [-0.2, 0) is 0 Å². The summed E-state index contributed by atoms with van der Waals surface area (Å²) in [6, 6.07) is 1.97. The number of halogens is 1. The van der Waals surface area contributed by atoms with E-state index in [1.54, 1.807) is 12.4 Å². The van der Waals surface area contributed by atoms with E-state index in [4.69, 9.17) is 11.6 Å². The van der Waals surface area contributed by atoms with Gasteiger partial charge in [0.15, 0.2) is 5.82 Å². The van der Waals surface area contributed by atoms with Crippen molar-refractivity contribution in [3.8, 4) is 0 Å². The van der Waals surface area contributed by atoms with Gasteiger partial charge in [0, 0.05) is 30.2 Å². The lowest BCUT2D eigenvalue weighted by atomic mass is 9.88. The molecule has 0 amide bonds. The Hall–Kier alpha value is -1.29. The van der Waals surface area contributed by atoms with Gasteiger partial charge in [-0.15, -0.1) is 11.6 Å². The monoisotopic (exact) mass is 264 g/mol. The molecule has 5 heteroatoms. The molecule has 0 spiro atoms. The predicted octanol–water partition coefficient (Wildman–Crippen LogP) is 2.94. The molecular weight excluding hydrogens is 248 g/mol. The van der Waals surface area contributed by atoms with Gasteiger partial charge in [-0.05, 0) is 18.9 Å². The number of alkyl halides is 1. The molecule has 1 saturated carbocycles. The highest BCUT2D eigenvalue weighted by Crippen LogP contribution is 2.39. The number of hydrogen-bond acceptors (Lipinski definition) is 3. The molecule has 4 nitrogen and oxygen atoms in total. The van der Waals surface area contributed by atoms with Crippen LogP contribution in [0.3, 0.4) is 0 Å². The van der Waals surface area contributed by atoms with Crippen LogP contribution in [0.2, 0.25) is 0 Å². The van der Waals surface area contributed by atoms with Crippen LogP contribution in [-0.4, -0.2) is 27.0 Å². The molecule has 2 heterocycles. The van der Waals surface area contributed by atoms with Gasteiger partial charge in [-0.25, -0.2) is 9.50 Å². The average Bonchev–Trinajstić information content (AvgIpc) is 3.06. The highest BCUT2D eigenvalue weighted by atomic mass is 35.5. The minimum absolute atomic E-state index is 0.246. The third-order valence-corrected chi connectivity index (χ3v) is 4.47. The minimum atomic E-state index is 0.246. The number of hydrogen-bond donors (Lipinski definition) is 1. The lowest BCUT2D eigenvalue weighted by Gasteiger charge is -2.26. The predicted molar refractivity (Wildman–Crippen MR) is 73.1 cm³/mol. The van der Waals surface area contributed by atoms with Gasteiger partial charge in [-0.2, -0.15) is 5.10 Å². The number of rotatable bonds is 4. The Balaban J connectivity index is 1.78. The summed E-state index contributed by atoms with van der Waals surface area (Å²) in [5, 5.41) is 7.66. The molecular formula is C13H17ClN4. The van der Waals surface area contributed by atoms with E-state index in [0.29, 0.717) is 0 Å². The SMILES string of the molecule is ClCC1(CNc2nccn3nccc23)CCCC1. The quantitative estimate of drug-likeness (QED) is 0.864. The van der Waals surface area contributed by atoms with E-state index in [-0.39, 0.29) is 5.41 Å². The normalized spacial score (nSPS) is 18.3. The van der Waals surface area contributed by atoms with Crippen molar-refractivity contribution in [2.45, 2.75) is 25.7 Å². The van der Waals surface area contributed by atoms with Crippen LogP contribution in [0.5, 0.6) is 0 Å². The standard InChI is InChI=1S/C13H17ClN4/c14-9-13(4-1-2-5-13)10-16-12-11-3-6-17-18(11)8-7-15-12/h3,6-8H,1-2,4-5,9-10H2,(H,15,16). The molecule has 0 saturated heterocycles. The van der Waals surface area contributed by atoms with Gasteiger partial charge in [0.2, 0.25) is 0 Å². The van der Waals surface area contributed by atoms with Crippen molar-refractivity contribution >= 4 is 22.9 Å². The van der Waals surface area contributed by atoms with Crippen LogP contribution in [0.4, 0.5) is 5.82 Å². The fraction of sp³-hybridized carbons (Fsp3) is 0.538. The van der Waals surface area contributed by atoms with E-state index in [2.05, 4.69) is 15.4 Å². The second kappa shape index (κ2) is 4.76. The number of anilines is 1. The van der Waals surface area contributed by atoms with Gasteiger partial charge in [0.25, 0.3) is 0 Å². The molecule has 18 heavy (non-hydrogen) atoms. The molecule has 3 rings (SSSR count). The molecule has 0 bridgehead atoms. The van der Waals surface area contributed by atoms with Gasteiger partial charge >= 0.3 is 0 Å². The zero-order chi connectivity index (χ0) is 12.4. The molecule has 0 atom stereocenters. The third kappa shape index (κ3) is 2.05. The van der Waals surface area contributed by atoms with E-state index in [0.717, 1.165) is 23.8 Å². The molecule has 1 N–H and O–H groups in total. The largest absolute Gasteiger partial charge is 0.368 e. The highest BCUT2D eigenvalue weighted by molar-refractivity contribution is 6.18. The minimum Gasteiger partial charge on any atom is -0.368 e. The molecule has 0 aliphatic heterocycles. The molecule has 1 fully saturated rings. The Morgan fingerprint density at radius 1 is 1.33 bits per heavy atom. The van der Waals surface area contributed by atoms with Crippen LogP contribution >= 0.6 is 11.6 Å². The number of nitrogens with one attached hydrogen (secondary N) is 1. The second-order valence-electron chi connectivity index (χ2n) is 5.13. The summed E-state index contributed by atoms with van der Waals surface area (Å²) in [6.45, 7) is 0.897. The van der Waals surface area contributed by atoms with Gasteiger partial charge in [-0.1, -0.05) is 12.8 Å². The van der Waals surface area contributed by atoms with Crippen LogP contribution < -0.4 is 5.32 Å². The van der Waals surface area contributed by atoms with Crippen LogP contribution in [0.1, 0.15) is 25.7 Å². The Morgan fingerprint density at radius 3 is 2.94 bits per heavy atom. The summed E-state index contributed by atoms with van der Waals surface area (Å²) in [4.78, 5) is 4.39. The lowest BCUT2D eigenvalue weighted by Crippen LogP contribution is -2.28. The first-order chi connectivity index (χ1) is 8.83. The van der Waals surface area contributed by atoms with Crippen LogP contribution in [0.15, 0.2) is 24.7 Å². The molecule has 1 aliphatic rings. The Labute approximate surface area is 111 Å². The van der Waals surface area contributed by atoms with Crippen molar-refractivity contribution < 1.29 is 0 Å². The fourth-order valence-corrected chi connectivity index (χ4v) is 3.11. The summed E-state index contributed by atoms with van der Waals surface area (Å²) >= 11 is 6.15. The van der Waals surface area contributed by atoms with Crippen LogP contribution in [0, 0.1) is 5.41 Å². The van der Waals surface area contributed by atoms with Crippen molar-refractivity contribution in [3.63, 3.8) is 0 Å². The molecule has 1 aliphatic carbocycles. The zero-order valence-electron chi connectivity index (χ0n) is 10.3. The Bertz CT molecular complexity index is 531. The van der Waals surface area contributed by atoms with E-state index < -0.39 is 0 Å². The number of fused-ring (bicyclic) bond motifs is 1. The van der Waals surface area contributed by atoms with E-state index in [1.165, 1.54) is 25.7 Å². The first kappa shape index (κ1) is 11.8. The summed E-state index contributed by atoms with van der Waals surface area (Å²) in [5.74, 6) is 1.62. The van der Waals surface area contributed by atoms with Crippen LogP contribution in [0.25, 0.3) is 5.52 Å². The second-order valence-corrected chi connectivity index (χ2v) is 5.40. The maximum absolute atomic E-state index is 6.15. The molecule has 0 radical (unpaired) electrons. The highest BCUT2D eigenvalue weighted by Gasteiger charge is 2.32. The molecule has 0 unspecified atom stereocenters. The molecule has 0 aromatic carbocycles. The topological polar surface area (TPSA) is 42.2 Å². The summed E-state index contributed by atoms with van der Waals surface area (Å²) in [6.07, 6.45) is 10.4. The molecule has 96 valence electrons. The first-order valence-electron chi connectivity index (χ1n) is 6.41. The summed E-state index contributed by atoms with van der Waals surface area (Å²) in [7, 11) is 0. The van der Waals surface area contributed by atoms with Gasteiger partial charge < -0.3 is 5.32 Å². The van der Waals surface area contributed by atoms with E-state index in [1.807, 2.05) is 16.8 Å². The van der Waals surface area contributed by atoms with E-state index in [9.17, 15) is 0 Å². The maximum Gasteiger partial charge on any atom is 0.152 e. The van der Waals surface area contributed by atoms with Crippen molar-refractivity contribution in [1.29, 1.82) is 0 Å². The smallest absolute Gasteiger partial charge is 0.152 e. The first-order valence-corrected chi connectivity index (χ1v) is 6.95. The van der Waals surface area contributed by atoms with Crippen molar-refractivity contribution in [3.05, 3.63) is 24.7 Å². The number of nitrogens with zero attached hydrogens (tertiary/aromatic N) is 3. The average molecular weight is 265 g/mol. The summed E-state index contributed by atoms with van der Waals surface area (Å²) < 4.78 is 1.83. The van der Waals surface area contributed by atoms with E-state index >= 15 is 0 Å². The Morgan fingerprint density at radius 2 is 2.17 bits per heavy atom. The molecule has 2 aromatic rings. The molecule has 2 aromatic heterocycles. The number of aromatic nitrogens is 3. The third-order valence-electron chi connectivity index (χ3n) is 3.90. The van der Waals surface area contributed by atoms with Crippen molar-refractivity contribution in [1.82, 2.24) is 14.6 Å². The summed E-state index contributed by atoms with van der Waals surface area (Å²) in [5.41, 5.74) is 1.26. The van der Waals surface area contributed by atoms with Gasteiger partial charge in [0.05, 0.1) is 6.20 Å². The van der Waals surface area contributed by atoms with Gasteiger partial charge in [-0.3, -0.25) is 0 Å².